The number of fused-ring (bicyclic) bond motifs is 1. The average Bonchev–Trinajstić information content (AvgIpc) is 2.53. The Morgan fingerprint density at radius 1 is 1.22 bits per heavy atom. The van der Waals surface area contributed by atoms with E-state index < -0.39 is 0 Å². The highest BCUT2D eigenvalue weighted by Gasteiger charge is 2.19. The highest BCUT2D eigenvalue weighted by molar-refractivity contribution is 6.30. The van der Waals surface area contributed by atoms with Crippen LogP contribution in [0.1, 0.15) is 22.7 Å². The fourth-order valence-corrected chi connectivity index (χ4v) is 3.10. The van der Waals surface area contributed by atoms with Gasteiger partial charge in [0, 0.05) is 17.6 Å². The molecule has 2 aromatic carbocycles. The molecule has 1 atom stereocenters. The Morgan fingerprint density at radius 2 is 2.04 bits per heavy atom. The predicted octanol–water partition coefficient (Wildman–Crippen LogP) is 3.31. The maximum atomic E-state index is 12.1. The lowest BCUT2D eigenvalue weighted by Crippen LogP contribution is -2.39. The van der Waals surface area contributed by atoms with Crippen molar-refractivity contribution >= 4 is 29.9 Å². The minimum Gasteiger partial charge on any atom is -0.354 e. The van der Waals surface area contributed by atoms with Gasteiger partial charge in [0.15, 0.2) is 0 Å². The molecule has 0 saturated heterocycles. The normalized spacial score (nSPS) is 16.1. The van der Waals surface area contributed by atoms with E-state index in [0.29, 0.717) is 18.0 Å². The summed E-state index contributed by atoms with van der Waals surface area (Å²) in [5, 5.41) is 7.14. The number of halogens is 2. The zero-order chi connectivity index (χ0) is 15.4. The van der Waals surface area contributed by atoms with E-state index in [0.717, 1.165) is 18.5 Å². The van der Waals surface area contributed by atoms with E-state index in [-0.39, 0.29) is 24.4 Å². The molecule has 1 aliphatic rings. The third kappa shape index (κ3) is 4.71. The molecule has 3 nitrogen and oxygen atoms in total. The number of benzene rings is 2. The SMILES string of the molecule is Cl.O=C(Cc1cccc(Cl)c1)NCC1NCCc2ccccc21. The summed E-state index contributed by atoms with van der Waals surface area (Å²) in [4.78, 5) is 12.1. The summed E-state index contributed by atoms with van der Waals surface area (Å²) in [6, 6.07) is 16.0. The van der Waals surface area contributed by atoms with Crippen molar-refractivity contribution in [3.05, 3.63) is 70.2 Å². The fraction of sp³-hybridized carbons (Fsp3) is 0.278. The molecule has 5 heteroatoms. The number of hydrogen-bond acceptors (Lipinski definition) is 2. The van der Waals surface area contributed by atoms with Gasteiger partial charge >= 0.3 is 0 Å². The maximum Gasteiger partial charge on any atom is 0.224 e. The van der Waals surface area contributed by atoms with Crippen molar-refractivity contribution in [2.24, 2.45) is 0 Å². The number of carbonyl (C=O) groups is 1. The van der Waals surface area contributed by atoms with Crippen molar-refractivity contribution in [2.75, 3.05) is 13.1 Å². The summed E-state index contributed by atoms with van der Waals surface area (Å²) in [6.45, 7) is 1.56. The summed E-state index contributed by atoms with van der Waals surface area (Å²) in [6.07, 6.45) is 1.40. The highest BCUT2D eigenvalue weighted by Crippen LogP contribution is 2.21. The van der Waals surface area contributed by atoms with Gasteiger partial charge in [0.2, 0.25) is 5.91 Å². The van der Waals surface area contributed by atoms with Crippen LogP contribution in [-0.2, 0) is 17.6 Å². The number of nitrogens with one attached hydrogen (secondary N) is 2. The number of rotatable bonds is 4. The molecule has 1 heterocycles. The molecule has 1 amide bonds. The van der Waals surface area contributed by atoms with E-state index in [1.165, 1.54) is 11.1 Å². The lowest BCUT2D eigenvalue weighted by molar-refractivity contribution is -0.120. The smallest absolute Gasteiger partial charge is 0.224 e. The molecule has 2 N–H and O–H groups in total. The van der Waals surface area contributed by atoms with Gasteiger partial charge < -0.3 is 10.6 Å². The van der Waals surface area contributed by atoms with Gasteiger partial charge in [-0.3, -0.25) is 4.79 Å². The second-order valence-corrected chi connectivity index (χ2v) is 6.00. The maximum absolute atomic E-state index is 12.1. The van der Waals surface area contributed by atoms with Crippen LogP contribution in [0.25, 0.3) is 0 Å². The minimum absolute atomic E-state index is 0. The average molecular weight is 351 g/mol. The Bertz CT molecular complexity index is 676. The van der Waals surface area contributed by atoms with Crippen LogP contribution in [0.3, 0.4) is 0 Å². The molecule has 0 saturated carbocycles. The van der Waals surface area contributed by atoms with E-state index in [4.69, 9.17) is 11.6 Å². The Hall–Kier alpha value is -1.55. The lowest BCUT2D eigenvalue weighted by atomic mass is 9.94. The molecular formula is C18H20Cl2N2O. The van der Waals surface area contributed by atoms with E-state index in [1.807, 2.05) is 30.3 Å². The third-order valence-electron chi connectivity index (χ3n) is 3.97. The Balaban J connectivity index is 0.00000192. The summed E-state index contributed by atoms with van der Waals surface area (Å²) >= 11 is 5.94. The zero-order valence-electron chi connectivity index (χ0n) is 12.7. The second-order valence-electron chi connectivity index (χ2n) is 5.57. The molecule has 1 aliphatic heterocycles. The van der Waals surface area contributed by atoms with Gasteiger partial charge in [-0.05, 0) is 41.8 Å². The van der Waals surface area contributed by atoms with Crippen LogP contribution in [0.4, 0.5) is 0 Å². The molecule has 23 heavy (non-hydrogen) atoms. The van der Waals surface area contributed by atoms with Crippen LogP contribution in [-0.4, -0.2) is 19.0 Å². The number of carbonyl (C=O) groups excluding carboxylic acids is 1. The van der Waals surface area contributed by atoms with Gasteiger partial charge in [-0.15, -0.1) is 12.4 Å². The molecule has 0 aliphatic carbocycles. The van der Waals surface area contributed by atoms with Crippen molar-refractivity contribution in [3.8, 4) is 0 Å². The van der Waals surface area contributed by atoms with Crippen molar-refractivity contribution in [1.82, 2.24) is 10.6 Å². The van der Waals surface area contributed by atoms with Crippen LogP contribution in [0, 0.1) is 0 Å². The van der Waals surface area contributed by atoms with Crippen LogP contribution >= 0.6 is 24.0 Å². The molecule has 0 spiro atoms. The standard InChI is InChI=1S/C18H19ClN2O.ClH/c19-15-6-3-4-13(10-15)11-18(22)21-12-17-16-7-2-1-5-14(16)8-9-20-17;/h1-7,10,17,20H,8-9,11-12H2,(H,21,22);1H. The number of amides is 1. The van der Waals surface area contributed by atoms with Crippen LogP contribution in [0.15, 0.2) is 48.5 Å². The molecule has 122 valence electrons. The lowest BCUT2D eigenvalue weighted by Gasteiger charge is -2.27. The number of hydrogen-bond donors (Lipinski definition) is 2. The summed E-state index contributed by atoms with van der Waals surface area (Å²) in [5.41, 5.74) is 3.59. The third-order valence-corrected chi connectivity index (χ3v) is 4.21. The van der Waals surface area contributed by atoms with Gasteiger partial charge in [-0.1, -0.05) is 48.0 Å². The molecule has 0 fully saturated rings. The molecule has 1 unspecified atom stereocenters. The van der Waals surface area contributed by atoms with Gasteiger partial charge in [0.1, 0.15) is 0 Å². The molecule has 0 radical (unpaired) electrons. The van der Waals surface area contributed by atoms with Gasteiger partial charge in [-0.25, -0.2) is 0 Å². The first-order valence-electron chi connectivity index (χ1n) is 7.55. The summed E-state index contributed by atoms with van der Waals surface area (Å²) in [5.74, 6) is 0.0205. The summed E-state index contributed by atoms with van der Waals surface area (Å²) < 4.78 is 0. The van der Waals surface area contributed by atoms with Gasteiger partial charge in [0.05, 0.1) is 6.42 Å². The molecule has 2 aromatic rings. The topological polar surface area (TPSA) is 41.1 Å². The monoisotopic (exact) mass is 350 g/mol. The van der Waals surface area contributed by atoms with Crippen LogP contribution < -0.4 is 10.6 Å². The van der Waals surface area contributed by atoms with Crippen molar-refractivity contribution in [1.29, 1.82) is 0 Å². The highest BCUT2D eigenvalue weighted by atomic mass is 35.5. The predicted molar refractivity (Wildman–Crippen MR) is 96.3 cm³/mol. The first kappa shape index (κ1) is 17.8. The van der Waals surface area contributed by atoms with Gasteiger partial charge in [-0.2, -0.15) is 0 Å². The Kier molecular flexibility index (Phi) is 6.46. The van der Waals surface area contributed by atoms with Crippen molar-refractivity contribution in [3.63, 3.8) is 0 Å². The largest absolute Gasteiger partial charge is 0.354 e. The van der Waals surface area contributed by atoms with Crippen molar-refractivity contribution in [2.45, 2.75) is 18.9 Å². The van der Waals surface area contributed by atoms with Crippen molar-refractivity contribution < 1.29 is 4.79 Å². The molecule has 0 bridgehead atoms. The molecule has 0 aromatic heterocycles. The van der Waals surface area contributed by atoms with E-state index in [1.54, 1.807) is 0 Å². The Morgan fingerprint density at radius 3 is 2.87 bits per heavy atom. The Labute approximate surface area is 147 Å². The second kappa shape index (κ2) is 8.34. The molecule has 3 rings (SSSR count). The fourth-order valence-electron chi connectivity index (χ4n) is 2.89. The molecular weight excluding hydrogens is 331 g/mol. The van der Waals surface area contributed by atoms with E-state index >= 15 is 0 Å². The first-order valence-corrected chi connectivity index (χ1v) is 7.92. The minimum atomic E-state index is 0. The first-order chi connectivity index (χ1) is 10.7. The quantitative estimate of drug-likeness (QED) is 0.887. The van der Waals surface area contributed by atoms with E-state index in [9.17, 15) is 4.79 Å². The van der Waals surface area contributed by atoms with Gasteiger partial charge in [0.25, 0.3) is 0 Å². The summed E-state index contributed by atoms with van der Waals surface area (Å²) in [7, 11) is 0. The van der Waals surface area contributed by atoms with Crippen LogP contribution in [0.2, 0.25) is 5.02 Å². The zero-order valence-corrected chi connectivity index (χ0v) is 14.3. The van der Waals surface area contributed by atoms with E-state index in [2.05, 4.69) is 28.8 Å². The van der Waals surface area contributed by atoms with Crippen LogP contribution in [0.5, 0.6) is 0 Å².